The summed E-state index contributed by atoms with van der Waals surface area (Å²) in [6.45, 7) is 6.22. The van der Waals surface area contributed by atoms with E-state index in [1.165, 1.54) is 37.7 Å². The molecule has 1 saturated carbocycles. The van der Waals surface area contributed by atoms with E-state index < -0.39 is 0 Å². The topological polar surface area (TPSA) is 21.3 Å². The molecule has 1 aromatic rings. The van der Waals surface area contributed by atoms with E-state index in [0.717, 1.165) is 25.3 Å². The maximum atomic E-state index is 5.95. The van der Waals surface area contributed by atoms with Gasteiger partial charge in [-0.15, -0.1) is 0 Å². The van der Waals surface area contributed by atoms with E-state index in [9.17, 15) is 0 Å². The van der Waals surface area contributed by atoms with Gasteiger partial charge < -0.3 is 10.1 Å². The third-order valence-electron chi connectivity index (χ3n) is 4.11. The lowest BCUT2D eigenvalue weighted by atomic mass is 9.95. The summed E-state index contributed by atoms with van der Waals surface area (Å²) in [6, 6.07) is 9.15. The van der Waals surface area contributed by atoms with Crippen molar-refractivity contribution in [3.05, 3.63) is 29.8 Å². The van der Waals surface area contributed by atoms with E-state index in [2.05, 4.69) is 43.4 Å². The normalized spacial score (nSPS) is 16.6. The van der Waals surface area contributed by atoms with Crippen molar-refractivity contribution in [2.45, 2.75) is 65.0 Å². The fraction of sp³-hybridized carbons (Fsp3) is 0.667. The molecule has 2 heteroatoms. The SMILES string of the molecule is CC(C)CCOc1ccccc1CNC1CCCCC1. The summed E-state index contributed by atoms with van der Waals surface area (Å²) < 4.78 is 5.95. The van der Waals surface area contributed by atoms with Gasteiger partial charge in [0.05, 0.1) is 6.61 Å². The summed E-state index contributed by atoms with van der Waals surface area (Å²) >= 11 is 0. The highest BCUT2D eigenvalue weighted by Gasteiger charge is 2.13. The van der Waals surface area contributed by atoms with Crippen molar-refractivity contribution in [3.8, 4) is 5.75 Å². The van der Waals surface area contributed by atoms with Crippen LogP contribution in [-0.2, 0) is 6.54 Å². The molecule has 0 bridgehead atoms. The molecule has 0 aliphatic heterocycles. The van der Waals surface area contributed by atoms with Crippen LogP contribution in [0, 0.1) is 5.92 Å². The van der Waals surface area contributed by atoms with Crippen molar-refractivity contribution in [3.63, 3.8) is 0 Å². The van der Waals surface area contributed by atoms with Gasteiger partial charge in [-0.3, -0.25) is 0 Å². The molecule has 1 fully saturated rings. The van der Waals surface area contributed by atoms with Crippen molar-refractivity contribution >= 4 is 0 Å². The van der Waals surface area contributed by atoms with Crippen LogP contribution < -0.4 is 10.1 Å². The predicted molar refractivity (Wildman–Crippen MR) is 85.1 cm³/mol. The van der Waals surface area contributed by atoms with Gasteiger partial charge >= 0.3 is 0 Å². The average molecular weight is 275 g/mol. The molecule has 0 heterocycles. The predicted octanol–water partition coefficient (Wildman–Crippen LogP) is 4.53. The molecule has 0 saturated heterocycles. The Bertz CT molecular complexity index is 383. The van der Waals surface area contributed by atoms with Gasteiger partial charge in [0.1, 0.15) is 5.75 Å². The minimum atomic E-state index is 0.697. The number of hydrogen-bond donors (Lipinski definition) is 1. The van der Waals surface area contributed by atoms with Crippen LogP contribution in [0.4, 0.5) is 0 Å². The molecule has 0 amide bonds. The molecule has 1 N–H and O–H groups in total. The zero-order chi connectivity index (χ0) is 14.2. The third kappa shape index (κ3) is 5.16. The van der Waals surface area contributed by atoms with E-state index in [4.69, 9.17) is 4.74 Å². The van der Waals surface area contributed by atoms with Crippen LogP contribution in [0.15, 0.2) is 24.3 Å². The van der Waals surface area contributed by atoms with E-state index in [0.29, 0.717) is 12.0 Å². The minimum Gasteiger partial charge on any atom is -0.493 e. The second-order valence-electron chi connectivity index (χ2n) is 6.35. The highest BCUT2D eigenvalue weighted by atomic mass is 16.5. The van der Waals surface area contributed by atoms with Crippen molar-refractivity contribution in [1.29, 1.82) is 0 Å². The zero-order valence-electron chi connectivity index (χ0n) is 13.0. The smallest absolute Gasteiger partial charge is 0.123 e. The molecule has 0 spiro atoms. The number of hydrogen-bond acceptors (Lipinski definition) is 2. The van der Waals surface area contributed by atoms with Gasteiger partial charge in [0, 0.05) is 18.2 Å². The molecule has 0 unspecified atom stereocenters. The molecule has 1 aliphatic carbocycles. The van der Waals surface area contributed by atoms with E-state index in [1.807, 2.05) is 0 Å². The standard InChI is InChI=1S/C18H29NO/c1-15(2)12-13-20-18-11-7-6-8-16(18)14-19-17-9-4-3-5-10-17/h6-8,11,15,17,19H,3-5,9-10,12-14H2,1-2H3. The molecule has 2 nitrogen and oxygen atoms in total. The van der Waals surface area contributed by atoms with Gasteiger partial charge in [-0.25, -0.2) is 0 Å². The number of ether oxygens (including phenoxy) is 1. The summed E-state index contributed by atoms with van der Waals surface area (Å²) in [4.78, 5) is 0. The number of benzene rings is 1. The van der Waals surface area contributed by atoms with Gasteiger partial charge in [-0.05, 0) is 31.2 Å². The molecular formula is C18H29NO. The van der Waals surface area contributed by atoms with E-state index in [1.54, 1.807) is 0 Å². The van der Waals surface area contributed by atoms with Crippen molar-refractivity contribution < 1.29 is 4.74 Å². The van der Waals surface area contributed by atoms with Crippen molar-refractivity contribution in [1.82, 2.24) is 5.32 Å². The van der Waals surface area contributed by atoms with Gasteiger partial charge in [0.2, 0.25) is 0 Å². The van der Waals surface area contributed by atoms with Gasteiger partial charge in [0.25, 0.3) is 0 Å². The number of para-hydroxylation sites is 1. The molecule has 0 aromatic heterocycles. The fourth-order valence-electron chi connectivity index (χ4n) is 2.76. The van der Waals surface area contributed by atoms with Crippen LogP contribution in [0.2, 0.25) is 0 Å². The summed E-state index contributed by atoms with van der Waals surface area (Å²) in [5, 5.41) is 3.70. The van der Waals surface area contributed by atoms with Gasteiger partial charge in [0.15, 0.2) is 0 Å². The largest absolute Gasteiger partial charge is 0.493 e. The van der Waals surface area contributed by atoms with Crippen LogP contribution in [0.3, 0.4) is 0 Å². The Morgan fingerprint density at radius 2 is 1.90 bits per heavy atom. The highest BCUT2D eigenvalue weighted by Crippen LogP contribution is 2.21. The molecule has 20 heavy (non-hydrogen) atoms. The first kappa shape index (κ1) is 15.4. The maximum absolute atomic E-state index is 5.95. The van der Waals surface area contributed by atoms with E-state index >= 15 is 0 Å². The second kappa shape index (κ2) is 8.31. The van der Waals surface area contributed by atoms with Crippen LogP contribution >= 0.6 is 0 Å². The molecule has 1 aromatic carbocycles. The highest BCUT2D eigenvalue weighted by molar-refractivity contribution is 5.33. The van der Waals surface area contributed by atoms with E-state index in [-0.39, 0.29) is 0 Å². The number of rotatable bonds is 7. The lowest BCUT2D eigenvalue weighted by molar-refractivity contribution is 0.285. The first-order valence-electron chi connectivity index (χ1n) is 8.20. The minimum absolute atomic E-state index is 0.697. The first-order valence-corrected chi connectivity index (χ1v) is 8.20. The lowest BCUT2D eigenvalue weighted by Crippen LogP contribution is -2.30. The van der Waals surface area contributed by atoms with Crippen LogP contribution in [0.5, 0.6) is 5.75 Å². The summed E-state index contributed by atoms with van der Waals surface area (Å²) in [5.74, 6) is 1.75. The van der Waals surface area contributed by atoms with Crippen LogP contribution in [-0.4, -0.2) is 12.6 Å². The third-order valence-corrected chi connectivity index (χ3v) is 4.11. The second-order valence-corrected chi connectivity index (χ2v) is 6.35. The zero-order valence-corrected chi connectivity index (χ0v) is 13.0. The Morgan fingerprint density at radius 1 is 1.15 bits per heavy atom. The average Bonchev–Trinajstić information content (AvgIpc) is 2.47. The number of nitrogens with one attached hydrogen (secondary N) is 1. The van der Waals surface area contributed by atoms with Crippen molar-refractivity contribution in [2.75, 3.05) is 6.61 Å². The Labute approximate surface area is 123 Å². The molecule has 0 radical (unpaired) electrons. The summed E-state index contributed by atoms with van der Waals surface area (Å²) in [7, 11) is 0. The Morgan fingerprint density at radius 3 is 2.65 bits per heavy atom. The van der Waals surface area contributed by atoms with Crippen LogP contribution in [0.1, 0.15) is 57.9 Å². The van der Waals surface area contributed by atoms with Crippen LogP contribution in [0.25, 0.3) is 0 Å². The molecule has 112 valence electrons. The monoisotopic (exact) mass is 275 g/mol. The van der Waals surface area contributed by atoms with Gasteiger partial charge in [-0.2, -0.15) is 0 Å². The molecule has 0 atom stereocenters. The Kier molecular flexibility index (Phi) is 6.38. The van der Waals surface area contributed by atoms with Crippen molar-refractivity contribution in [2.24, 2.45) is 5.92 Å². The summed E-state index contributed by atoms with van der Waals surface area (Å²) in [6.07, 6.45) is 7.94. The quantitative estimate of drug-likeness (QED) is 0.789. The summed E-state index contributed by atoms with van der Waals surface area (Å²) in [5.41, 5.74) is 1.29. The first-order chi connectivity index (χ1) is 9.75. The fourth-order valence-corrected chi connectivity index (χ4v) is 2.76. The molecular weight excluding hydrogens is 246 g/mol. The lowest BCUT2D eigenvalue weighted by Gasteiger charge is -2.23. The molecule has 2 rings (SSSR count). The maximum Gasteiger partial charge on any atom is 0.123 e. The Hall–Kier alpha value is -1.02. The molecule has 1 aliphatic rings. The Balaban J connectivity index is 1.83. The van der Waals surface area contributed by atoms with Gasteiger partial charge in [-0.1, -0.05) is 51.3 Å².